The maximum atomic E-state index is 12.0. The molecule has 0 atom stereocenters. The topological polar surface area (TPSA) is 95.7 Å². The van der Waals surface area contributed by atoms with Crippen LogP contribution in [0.1, 0.15) is 20.7 Å². The predicted octanol–water partition coefficient (Wildman–Crippen LogP) is 3.30. The number of rotatable bonds is 6. The Labute approximate surface area is 141 Å². The summed E-state index contributed by atoms with van der Waals surface area (Å²) in [5.41, 5.74) is 0.0639. The van der Waals surface area contributed by atoms with Crippen LogP contribution in [0.25, 0.3) is 0 Å². The minimum absolute atomic E-state index is 0.0511. The van der Waals surface area contributed by atoms with E-state index in [4.69, 9.17) is 21.1 Å². The van der Waals surface area contributed by atoms with Crippen LogP contribution in [-0.2, 0) is 4.74 Å². The average Bonchev–Trinajstić information content (AvgIpc) is 2.59. The van der Waals surface area contributed by atoms with Gasteiger partial charge in [-0.3, -0.25) is 14.9 Å². The molecule has 0 radical (unpaired) electrons. The van der Waals surface area contributed by atoms with Gasteiger partial charge in [0.2, 0.25) is 0 Å². The molecule has 0 aromatic heterocycles. The van der Waals surface area contributed by atoms with Crippen molar-refractivity contribution in [3.8, 4) is 5.75 Å². The monoisotopic (exact) mass is 349 g/mol. The van der Waals surface area contributed by atoms with Gasteiger partial charge in [-0.2, -0.15) is 0 Å². The van der Waals surface area contributed by atoms with Gasteiger partial charge in [0.15, 0.2) is 12.4 Å². The highest BCUT2D eigenvalue weighted by molar-refractivity contribution is 6.33. The number of benzene rings is 2. The number of esters is 1. The van der Waals surface area contributed by atoms with Crippen molar-refractivity contribution in [3.05, 3.63) is 68.7 Å². The van der Waals surface area contributed by atoms with Crippen LogP contribution in [0, 0.1) is 10.1 Å². The maximum Gasteiger partial charge on any atom is 0.340 e. The van der Waals surface area contributed by atoms with Crippen LogP contribution in [0.3, 0.4) is 0 Å². The summed E-state index contributed by atoms with van der Waals surface area (Å²) in [6.45, 7) is -0.474. The number of carbonyl (C=O) groups excluding carboxylic acids is 2. The molecule has 0 saturated heterocycles. The van der Waals surface area contributed by atoms with Crippen LogP contribution in [-0.4, -0.2) is 30.4 Å². The maximum absolute atomic E-state index is 12.0. The van der Waals surface area contributed by atoms with Crippen LogP contribution in [0.4, 0.5) is 5.69 Å². The van der Waals surface area contributed by atoms with Crippen LogP contribution < -0.4 is 4.74 Å². The molecular formula is C16H12ClNO6. The van der Waals surface area contributed by atoms with E-state index in [-0.39, 0.29) is 16.3 Å². The summed E-state index contributed by atoms with van der Waals surface area (Å²) < 4.78 is 9.89. The largest absolute Gasteiger partial charge is 0.497 e. The molecule has 0 spiro atoms. The molecule has 0 aliphatic carbocycles. The van der Waals surface area contributed by atoms with E-state index in [9.17, 15) is 19.7 Å². The first-order valence-electron chi connectivity index (χ1n) is 6.70. The first-order valence-corrected chi connectivity index (χ1v) is 7.08. The number of halogens is 1. The molecule has 0 aliphatic heterocycles. The van der Waals surface area contributed by atoms with Gasteiger partial charge in [0.1, 0.15) is 5.75 Å². The number of hydrogen-bond donors (Lipinski definition) is 0. The normalized spacial score (nSPS) is 10.1. The Hall–Kier alpha value is -2.93. The fraction of sp³-hybridized carbons (Fsp3) is 0.125. The molecule has 0 fully saturated rings. The lowest BCUT2D eigenvalue weighted by molar-refractivity contribution is -0.384. The third-order valence-electron chi connectivity index (χ3n) is 3.13. The fourth-order valence-electron chi connectivity index (χ4n) is 1.85. The summed E-state index contributed by atoms with van der Waals surface area (Å²) in [5.74, 6) is -0.637. The van der Waals surface area contributed by atoms with Gasteiger partial charge in [0, 0.05) is 17.7 Å². The molecule has 0 aliphatic rings. The Morgan fingerprint density at radius 3 is 2.38 bits per heavy atom. The molecule has 24 heavy (non-hydrogen) atoms. The van der Waals surface area contributed by atoms with Crippen molar-refractivity contribution in [2.24, 2.45) is 0 Å². The van der Waals surface area contributed by atoms with E-state index >= 15 is 0 Å². The molecule has 2 aromatic rings. The zero-order valence-corrected chi connectivity index (χ0v) is 13.3. The van der Waals surface area contributed by atoms with Crippen molar-refractivity contribution in [1.82, 2.24) is 0 Å². The van der Waals surface area contributed by atoms with Crippen molar-refractivity contribution in [2.75, 3.05) is 13.7 Å². The smallest absolute Gasteiger partial charge is 0.340 e. The second kappa shape index (κ2) is 7.56. The quantitative estimate of drug-likeness (QED) is 0.343. The van der Waals surface area contributed by atoms with Crippen molar-refractivity contribution >= 4 is 29.0 Å². The molecule has 0 saturated carbocycles. The van der Waals surface area contributed by atoms with Gasteiger partial charge in [-0.15, -0.1) is 0 Å². The Kier molecular flexibility index (Phi) is 5.49. The molecule has 2 rings (SSSR count). The van der Waals surface area contributed by atoms with Gasteiger partial charge >= 0.3 is 5.97 Å². The highest BCUT2D eigenvalue weighted by atomic mass is 35.5. The molecule has 0 unspecified atom stereocenters. The molecule has 2 aromatic carbocycles. The minimum Gasteiger partial charge on any atom is -0.497 e. The summed E-state index contributed by atoms with van der Waals surface area (Å²) >= 11 is 5.83. The third kappa shape index (κ3) is 4.08. The van der Waals surface area contributed by atoms with Gasteiger partial charge in [-0.1, -0.05) is 11.6 Å². The Morgan fingerprint density at radius 2 is 1.83 bits per heavy atom. The van der Waals surface area contributed by atoms with Gasteiger partial charge < -0.3 is 9.47 Å². The highest BCUT2D eigenvalue weighted by Gasteiger charge is 2.17. The van der Waals surface area contributed by atoms with E-state index in [0.717, 1.165) is 12.1 Å². The summed E-state index contributed by atoms with van der Waals surface area (Å²) in [7, 11) is 1.51. The molecular weight excluding hydrogens is 338 g/mol. The summed E-state index contributed by atoms with van der Waals surface area (Å²) in [4.78, 5) is 33.9. The molecule has 0 N–H and O–H groups in total. The van der Waals surface area contributed by atoms with Gasteiger partial charge in [-0.25, -0.2) is 4.79 Å². The van der Waals surface area contributed by atoms with E-state index in [0.29, 0.717) is 11.3 Å². The molecule has 124 valence electrons. The first kappa shape index (κ1) is 17.4. The van der Waals surface area contributed by atoms with Crippen molar-refractivity contribution in [2.45, 2.75) is 0 Å². The summed E-state index contributed by atoms with van der Waals surface area (Å²) in [6.07, 6.45) is 0. The highest BCUT2D eigenvalue weighted by Crippen LogP contribution is 2.23. The van der Waals surface area contributed by atoms with Gasteiger partial charge in [0.25, 0.3) is 5.69 Å². The number of hydrogen-bond acceptors (Lipinski definition) is 6. The molecule has 0 amide bonds. The third-order valence-corrected chi connectivity index (χ3v) is 3.44. The lowest BCUT2D eigenvalue weighted by atomic mass is 10.1. The number of ether oxygens (including phenoxy) is 2. The van der Waals surface area contributed by atoms with E-state index in [2.05, 4.69) is 0 Å². The second-order valence-corrected chi connectivity index (χ2v) is 5.06. The molecule has 7 nitrogen and oxygen atoms in total. The van der Waals surface area contributed by atoms with E-state index in [1.54, 1.807) is 24.3 Å². The van der Waals surface area contributed by atoms with Gasteiger partial charge in [0.05, 0.1) is 22.6 Å². The molecule has 0 heterocycles. The predicted molar refractivity (Wildman–Crippen MR) is 85.7 cm³/mol. The fourth-order valence-corrected chi connectivity index (χ4v) is 2.10. The number of non-ortho nitro benzene ring substituents is 1. The van der Waals surface area contributed by atoms with Crippen LogP contribution in [0.15, 0.2) is 42.5 Å². The molecule has 8 heteroatoms. The van der Waals surface area contributed by atoms with E-state index < -0.39 is 23.3 Å². The lowest BCUT2D eigenvalue weighted by Crippen LogP contribution is -2.14. The van der Waals surface area contributed by atoms with Crippen molar-refractivity contribution in [1.29, 1.82) is 0 Å². The number of nitro groups is 1. The van der Waals surface area contributed by atoms with Crippen LogP contribution in [0.5, 0.6) is 5.75 Å². The Balaban J connectivity index is 2.02. The SMILES string of the molecule is COc1ccc(C(=O)COC(=O)c2ccc([N+](=O)[O-])cc2Cl)cc1. The Morgan fingerprint density at radius 1 is 1.17 bits per heavy atom. The van der Waals surface area contributed by atoms with Crippen molar-refractivity contribution < 1.29 is 24.0 Å². The lowest BCUT2D eigenvalue weighted by Gasteiger charge is -2.06. The average molecular weight is 350 g/mol. The van der Waals surface area contributed by atoms with Crippen LogP contribution in [0.2, 0.25) is 5.02 Å². The number of ketones is 1. The number of nitrogens with zero attached hydrogens (tertiary/aromatic N) is 1. The number of Topliss-reactive ketones (excluding diaryl/α,β-unsaturated/α-hetero) is 1. The zero-order chi connectivity index (χ0) is 17.7. The second-order valence-electron chi connectivity index (χ2n) is 4.65. The molecule has 0 bridgehead atoms. The number of nitro benzene ring substituents is 1. The zero-order valence-electron chi connectivity index (χ0n) is 12.5. The summed E-state index contributed by atoms with van der Waals surface area (Å²) in [6, 6.07) is 9.68. The summed E-state index contributed by atoms with van der Waals surface area (Å²) in [5, 5.41) is 10.5. The first-order chi connectivity index (χ1) is 11.4. The van der Waals surface area contributed by atoms with E-state index in [1.165, 1.54) is 13.2 Å². The van der Waals surface area contributed by atoms with Crippen molar-refractivity contribution in [3.63, 3.8) is 0 Å². The Bertz CT molecular complexity index is 788. The standard InChI is InChI=1S/C16H12ClNO6/c1-23-12-5-2-10(3-6-12)15(19)9-24-16(20)13-7-4-11(18(21)22)8-14(13)17/h2-8H,9H2,1H3. The van der Waals surface area contributed by atoms with E-state index in [1.807, 2.05) is 0 Å². The minimum atomic E-state index is -0.836. The number of carbonyl (C=O) groups is 2. The van der Waals surface area contributed by atoms with Crippen LogP contribution >= 0.6 is 11.6 Å². The number of methoxy groups -OCH3 is 1. The van der Waals surface area contributed by atoms with Gasteiger partial charge in [-0.05, 0) is 30.3 Å².